The minimum Gasteiger partial charge on any atom is -0.429 e. The monoisotopic (exact) mass is 341 g/mol. The zero-order valence-corrected chi connectivity index (χ0v) is 12.1. The smallest absolute Gasteiger partial charge is 0.371 e. The second-order valence-electron chi connectivity index (χ2n) is 4.68. The van der Waals surface area contributed by atoms with Crippen LogP contribution in [0.2, 0.25) is 0 Å². The molecule has 0 bridgehead atoms. The molecule has 9 nitrogen and oxygen atoms in total. The van der Waals surface area contributed by atoms with Crippen molar-refractivity contribution in [2.45, 2.75) is 24.4 Å². The summed E-state index contributed by atoms with van der Waals surface area (Å²) < 4.78 is 44.3. The second kappa shape index (κ2) is 7.64. The number of nitrogens with two attached hydrogens (primary N) is 1. The van der Waals surface area contributed by atoms with Gasteiger partial charge in [0.05, 0.1) is 6.61 Å². The highest BCUT2D eigenvalue weighted by Crippen LogP contribution is 2.43. The van der Waals surface area contributed by atoms with E-state index in [2.05, 4.69) is 4.98 Å². The van der Waals surface area contributed by atoms with Crippen molar-refractivity contribution >= 4 is 33.2 Å². The molecule has 2 N–H and O–H groups in total. The van der Waals surface area contributed by atoms with Crippen LogP contribution in [0.25, 0.3) is 0 Å². The average molecular weight is 341 g/mol. The molecule has 0 amide bonds. The van der Waals surface area contributed by atoms with E-state index in [1.807, 2.05) is 0 Å². The van der Waals surface area contributed by atoms with Gasteiger partial charge in [0.1, 0.15) is 30.4 Å². The summed E-state index contributed by atoms with van der Waals surface area (Å²) >= 11 is 0. The molecule has 0 saturated carbocycles. The van der Waals surface area contributed by atoms with E-state index in [9.17, 15) is 23.2 Å². The molecule has 0 aromatic carbocycles. The molecule has 13 heteroatoms. The quantitative estimate of drug-likeness (QED) is 0.340. The molecule has 126 valence electrons. The van der Waals surface area contributed by atoms with Crippen molar-refractivity contribution in [2.75, 3.05) is 12.3 Å². The highest BCUT2D eigenvalue weighted by molar-refractivity contribution is 6.61. The van der Waals surface area contributed by atoms with E-state index in [0.29, 0.717) is 18.2 Å². The number of anilines is 1. The summed E-state index contributed by atoms with van der Waals surface area (Å²) in [7, 11) is 1.27. The summed E-state index contributed by atoms with van der Waals surface area (Å²) in [5.41, 5.74) is 4.27. The summed E-state index contributed by atoms with van der Waals surface area (Å²) in [4.78, 5) is 35.7. The van der Waals surface area contributed by atoms with Crippen LogP contribution >= 0.6 is 0 Å². The van der Waals surface area contributed by atoms with E-state index in [-0.39, 0.29) is 12.0 Å². The summed E-state index contributed by atoms with van der Waals surface area (Å²) in [6.07, 6.45) is -3.83. The van der Waals surface area contributed by atoms with E-state index in [4.69, 9.17) is 19.8 Å². The zero-order valence-electron chi connectivity index (χ0n) is 12.1. The number of nitrogen functional groups attached to an aromatic ring is 1. The molecule has 1 fully saturated rings. The van der Waals surface area contributed by atoms with Crippen LogP contribution < -0.4 is 11.4 Å². The molecule has 0 aliphatic carbocycles. The molecule has 3 unspecified atom stereocenters. The lowest BCUT2D eigenvalue weighted by molar-refractivity contribution is -0.136. The minimum absolute atomic E-state index is 0.139. The predicted molar refractivity (Wildman–Crippen MR) is 77.6 cm³/mol. The Bertz CT molecular complexity index is 661. The SMILES string of the molecule is Nc1ccn(C2OC(CO[B]C=O)C(O[B]C=O)C2(F)F)c(=O)n1. The Morgan fingerprint density at radius 2 is 2.12 bits per heavy atom. The average Bonchev–Trinajstić information content (AvgIpc) is 2.76. The van der Waals surface area contributed by atoms with Crippen LogP contribution in [-0.2, 0) is 23.6 Å². The molecule has 2 rings (SSSR count). The Kier molecular flexibility index (Phi) is 5.80. The Hall–Kier alpha value is -2.11. The van der Waals surface area contributed by atoms with Crippen LogP contribution in [0, 0.1) is 0 Å². The van der Waals surface area contributed by atoms with Gasteiger partial charge in [0.25, 0.3) is 0 Å². The number of nitrogens with zero attached hydrogens (tertiary/aromatic N) is 2. The van der Waals surface area contributed by atoms with Gasteiger partial charge < -0.3 is 29.4 Å². The molecular weight excluding hydrogens is 330 g/mol. The topological polar surface area (TPSA) is 123 Å². The number of carbonyl (C=O) groups is 2. The largest absolute Gasteiger partial charge is 0.429 e. The maximum absolute atomic E-state index is 14.6. The van der Waals surface area contributed by atoms with Crippen molar-refractivity contribution < 1.29 is 32.4 Å². The zero-order chi connectivity index (χ0) is 17.7. The lowest BCUT2D eigenvalue weighted by Crippen LogP contribution is -2.44. The maximum Gasteiger partial charge on any atom is 0.371 e. The number of hydrogen-bond donors (Lipinski definition) is 1. The fraction of sp³-hybridized carbons (Fsp3) is 0.455. The maximum atomic E-state index is 14.6. The van der Waals surface area contributed by atoms with Gasteiger partial charge >= 0.3 is 26.6 Å². The third-order valence-electron chi connectivity index (χ3n) is 3.15. The van der Waals surface area contributed by atoms with Crippen molar-refractivity contribution in [2.24, 2.45) is 0 Å². The van der Waals surface area contributed by atoms with Crippen LogP contribution in [0.4, 0.5) is 14.6 Å². The number of alkyl halides is 2. The first-order valence-corrected chi connectivity index (χ1v) is 6.60. The third-order valence-corrected chi connectivity index (χ3v) is 3.15. The van der Waals surface area contributed by atoms with Crippen molar-refractivity contribution in [1.29, 1.82) is 0 Å². The van der Waals surface area contributed by atoms with E-state index in [1.54, 1.807) is 0 Å². The first kappa shape index (κ1) is 18.2. The van der Waals surface area contributed by atoms with Gasteiger partial charge in [0, 0.05) is 6.20 Å². The molecule has 1 aromatic rings. The Balaban J connectivity index is 2.29. The van der Waals surface area contributed by atoms with Gasteiger partial charge in [0.2, 0.25) is 6.23 Å². The lowest BCUT2D eigenvalue weighted by atomic mass is 10.0. The van der Waals surface area contributed by atoms with Crippen molar-refractivity contribution in [1.82, 2.24) is 9.55 Å². The number of rotatable bonds is 8. The van der Waals surface area contributed by atoms with Gasteiger partial charge in [-0.2, -0.15) is 13.8 Å². The number of hydrogen-bond acceptors (Lipinski definition) is 8. The first-order chi connectivity index (χ1) is 11.4. The van der Waals surface area contributed by atoms with E-state index >= 15 is 0 Å². The van der Waals surface area contributed by atoms with Gasteiger partial charge in [-0.3, -0.25) is 4.57 Å². The molecule has 24 heavy (non-hydrogen) atoms. The summed E-state index contributed by atoms with van der Waals surface area (Å²) in [6, 6.07) is 1.15. The Morgan fingerprint density at radius 1 is 1.42 bits per heavy atom. The van der Waals surface area contributed by atoms with Gasteiger partial charge in [0.15, 0.2) is 0 Å². The van der Waals surface area contributed by atoms with Gasteiger partial charge in [-0.1, -0.05) is 0 Å². The number of carbonyl (C=O) groups excluding carboxylic acids is 2. The second-order valence-corrected chi connectivity index (χ2v) is 4.68. The molecule has 1 aliphatic rings. The van der Waals surface area contributed by atoms with E-state index in [1.165, 1.54) is 0 Å². The number of halogens is 2. The molecule has 1 aliphatic heterocycles. The van der Waals surface area contributed by atoms with Crippen LogP contribution in [-0.4, -0.2) is 61.6 Å². The van der Waals surface area contributed by atoms with Gasteiger partial charge in [-0.05, 0) is 6.07 Å². The first-order valence-electron chi connectivity index (χ1n) is 6.60. The van der Waals surface area contributed by atoms with E-state index in [0.717, 1.165) is 19.7 Å². The molecule has 3 atom stereocenters. The summed E-state index contributed by atoms with van der Waals surface area (Å²) in [5, 5.41) is 0. The fourth-order valence-corrected chi connectivity index (χ4v) is 2.18. The Labute approximate surface area is 135 Å². The summed E-state index contributed by atoms with van der Waals surface area (Å²) in [5.74, 6) is -3.84. The number of ether oxygens (including phenoxy) is 1. The van der Waals surface area contributed by atoms with Gasteiger partial charge in [-0.25, -0.2) is 4.79 Å². The lowest BCUT2D eigenvalue weighted by Gasteiger charge is -2.24. The predicted octanol–water partition coefficient (Wildman–Crippen LogP) is -1.62. The third kappa shape index (κ3) is 3.68. The molecule has 1 aromatic heterocycles. The van der Waals surface area contributed by atoms with Crippen LogP contribution in [0.5, 0.6) is 0 Å². The normalized spacial score (nSPS) is 25.2. The fourth-order valence-electron chi connectivity index (χ4n) is 2.18. The molecule has 2 radical (unpaired) electrons. The highest BCUT2D eigenvalue weighted by Gasteiger charge is 2.60. The number of aromatic nitrogens is 2. The van der Waals surface area contributed by atoms with Crippen molar-refractivity contribution in [3.8, 4) is 0 Å². The van der Waals surface area contributed by atoms with Crippen molar-refractivity contribution in [3.05, 3.63) is 22.7 Å². The standard InChI is InChI=1S/C11H11B2F2N3O6/c14-11(15)8(24-13-5-20)6(3-22-12-4-19)23-9(11)18-2-1-7(16)17-10(18)21/h1-2,4-6,8-9H,3H2,(H2,16,17,21). The molecule has 1 saturated heterocycles. The van der Waals surface area contributed by atoms with Crippen LogP contribution in [0.1, 0.15) is 6.23 Å². The molecular formula is C11H11B2F2N3O6. The van der Waals surface area contributed by atoms with E-state index < -0.39 is 36.7 Å². The highest BCUT2D eigenvalue weighted by atomic mass is 19.3. The summed E-state index contributed by atoms with van der Waals surface area (Å²) in [6.45, 7) is -0.459. The Morgan fingerprint density at radius 3 is 2.75 bits per heavy atom. The molecule has 2 heterocycles. The minimum atomic E-state index is -3.70. The van der Waals surface area contributed by atoms with Crippen molar-refractivity contribution in [3.63, 3.8) is 0 Å². The van der Waals surface area contributed by atoms with Gasteiger partial charge in [-0.15, -0.1) is 0 Å². The molecule has 0 spiro atoms. The van der Waals surface area contributed by atoms with Crippen LogP contribution in [0.15, 0.2) is 17.1 Å². The van der Waals surface area contributed by atoms with Crippen LogP contribution in [0.3, 0.4) is 0 Å².